The van der Waals surface area contributed by atoms with Crippen molar-refractivity contribution in [3.8, 4) is 0 Å². The van der Waals surface area contributed by atoms with Crippen LogP contribution in [0.4, 0.5) is 5.69 Å². The molecule has 0 radical (unpaired) electrons. The standard InChI is InChI=1S/C18H13NO5/c20-16-12-8-5-6-9(7-8)13(12)17(21)19(16)14-10-3-1-2-4-11(10)24-15(14)18(22)23/h1-6,8-9,12-13H,7H2,(H,22,23)/t8-,9+,12-,13+. The third-order valence-electron chi connectivity index (χ3n) is 5.46. The molecule has 2 aromatic rings. The molecule has 2 amide bonds. The number of allylic oxidation sites excluding steroid dienone is 2. The summed E-state index contributed by atoms with van der Waals surface area (Å²) in [5.74, 6) is -2.86. The van der Waals surface area contributed by atoms with Crippen molar-refractivity contribution in [3.05, 3.63) is 42.2 Å². The summed E-state index contributed by atoms with van der Waals surface area (Å²) in [5, 5.41) is 9.93. The minimum atomic E-state index is -1.29. The zero-order valence-corrected chi connectivity index (χ0v) is 12.5. The zero-order valence-electron chi connectivity index (χ0n) is 12.5. The van der Waals surface area contributed by atoms with Crippen molar-refractivity contribution in [3.63, 3.8) is 0 Å². The average molecular weight is 323 g/mol. The van der Waals surface area contributed by atoms with Gasteiger partial charge in [0.2, 0.25) is 17.6 Å². The molecule has 4 atom stereocenters. The second-order valence-corrected chi connectivity index (χ2v) is 6.59. The first-order valence-corrected chi connectivity index (χ1v) is 7.89. The van der Waals surface area contributed by atoms with Gasteiger partial charge in [-0.2, -0.15) is 0 Å². The van der Waals surface area contributed by atoms with Crippen LogP contribution in [-0.4, -0.2) is 22.9 Å². The van der Waals surface area contributed by atoms with E-state index in [9.17, 15) is 19.5 Å². The largest absolute Gasteiger partial charge is 0.475 e. The number of carbonyl (C=O) groups excluding carboxylic acids is 2. The number of aromatic carboxylic acids is 1. The summed E-state index contributed by atoms with van der Waals surface area (Å²) in [6, 6.07) is 6.74. The highest BCUT2D eigenvalue weighted by Crippen LogP contribution is 2.54. The van der Waals surface area contributed by atoms with Crippen LogP contribution in [0.3, 0.4) is 0 Å². The van der Waals surface area contributed by atoms with Gasteiger partial charge in [-0.05, 0) is 30.4 Å². The lowest BCUT2D eigenvalue weighted by Gasteiger charge is -2.16. The summed E-state index contributed by atoms with van der Waals surface area (Å²) in [5.41, 5.74) is 0.422. The molecule has 1 aliphatic heterocycles. The Morgan fingerprint density at radius 3 is 2.33 bits per heavy atom. The maximum Gasteiger partial charge on any atom is 0.374 e. The number of carboxylic acids is 1. The van der Waals surface area contributed by atoms with Gasteiger partial charge in [-0.25, -0.2) is 9.69 Å². The number of rotatable bonds is 2. The third-order valence-corrected chi connectivity index (χ3v) is 5.46. The fraction of sp³-hybridized carbons (Fsp3) is 0.278. The van der Waals surface area contributed by atoms with Crippen molar-refractivity contribution < 1.29 is 23.9 Å². The van der Waals surface area contributed by atoms with E-state index in [-0.39, 0.29) is 46.9 Å². The molecule has 1 aromatic carbocycles. The van der Waals surface area contributed by atoms with Crippen molar-refractivity contribution in [2.45, 2.75) is 6.42 Å². The minimum absolute atomic E-state index is 0.0712. The third kappa shape index (κ3) is 1.48. The predicted octanol–water partition coefficient (Wildman–Crippen LogP) is 2.44. The molecule has 120 valence electrons. The number of amides is 2. The molecule has 5 rings (SSSR count). The topological polar surface area (TPSA) is 87.8 Å². The summed E-state index contributed by atoms with van der Waals surface area (Å²) >= 11 is 0. The van der Waals surface area contributed by atoms with E-state index in [0.717, 1.165) is 11.3 Å². The van der Waals surface area contributed by atoms with Gasteiger partial charge in [-0.1, -0.05) is 24.3 Å². The molecule has 0 unspecified atom stereocenters. The Morgan fingerprint density at radius 2 is 1.71 bits per heavy atom. The smallest absolute Gasteiger partial charge is 0.374 e. The van der Waals surface area contributed by atoms with E-state index >= 15 is 0 Å². The number of carbonyl (C=O) groups is 3. The quantitative estimate of drug-likeness (QED) is 0.677. The molecular weight excluding hydrogens is 310 g/mol. The van der Waals surface area contributed by atoms with Crippen molar-refractivity contribution in [1.82, 2.24) is 0 Å². The van der Waals surface area contributed by atoms with E-state index in [1.165, 1.54) is 0 Å². The lowest BCUT2D eigenvalue weighted by Crippen LogP contribution is -2.33. The molecule has 2 bridgehead atoms. The van der Waals surface area contributed by atoms with E-state index in [2.05, 4.69) is 0 Å². The van der Waals surface area contributed by atoms with Crippen LogP contribution in [0.15, 0.2) is 40.8 Å². The number of imide groups is 1. The number of carboxylic acid groups (broad SMARTS) is 1. The number of hydrogen-bond donors (Lipinski definition) is 1. The summed E-state index contributed by atoms with van der Waals surface area (Å²) in [7, 11) is 0. The Morgan fingerprint density at radius 1 is 1.08 bits per heavy atom. The second kappa shape index (κ2) is 4.35. The maximum atomic E-state index is 12.9. The van der Waals surface area contributed by atoms with E-state index in [4.69, 9.17) is 4.42 Å². The van der Waals surface area contributed by atoms with Crippen molar-refractivity contribution in [1.29, 1.82) is 0 Å². The molecule has 2 fully saturated rings. The molecule has 1 aromatic heterocycles. The first-order chi connectivity index (χ1) is 11.6. The van der Waals surface area contributed by atoms with Crippen LogP contribution in [0.5, 0.6) is 0 Å². The second-order valence-electron chi connectivity index (χ2n) is 6.59. The molecule has 1 saturated heterocycles. The number of nitrogens with zero attached hydrogens (tertiary/aromatic N) is 1. The van der Waals surface area contributed by atoms with Gasteiger partial charge in [0.15, 0.2) is 0 Å². The maximum absolute atomic E-state index is 12.9. The lowest BCUT2D eigenvalue weighted by molar-refractivity contribution is -0.123. The summed E-state index contributed by atoms with van der Waals surface area (Å²) < 4.78 is 5.40. The summed E-state index contributed by atoms with van der Waals surface area (Å²) in [6.07, 6.45) is 4.84. The number of fused-ring (bicyclic) bond motifs is 6. The van der Waals surface area contributed by atoms with Crippen molar-refractivity contribution in [2.75, 3.05) is 4.90 Å². The van der Waals surface area contributed by atoms with Gasteiger partial charge < -0.3 is 9.52 Å². The van der Waals surface area contributed by atoms with E-state index in [0.29, 0.717) is 11.0 Å². The zero-order chi connectivity index (χ0) is 16.6. The highest BCUT2D eigenvalue weighted by molar-refractivity contribution is 6.27. The van der Waals surface area contributed by atoms with Gasteiger partial charge in [-0.15, -0.1) is 0 Å². The van der Waals surface area contributed by atoms with E-state index in [1.807, 2.05) is 12.2 Å². The molecule has 2 aliphatic carbocycles. The van der Waals surface area contributed by atoms with E-state index in [1.54, 1.807) is 24.3 Å². The van der Waals surface area contributed by atoms with Crippen LogP contribution in [0, 0.1) is 23.7 Å². The Kier molecular flexibility index (Phi) is 2.45. The van der Waals surface area contributed by atoms with Crippen LogP contribution in [-0.2, 0) is 9.59 Å². The normalized spacial score (nSPS) is 30.6. The molecule has 0 spiro atoms. The Labute approximate surface area is 136 Å². The highest BCUT2D eigenvalue weighted by atomic mass is 16.4. The number of benzene rings is 1. The van der Waals surface area contributed by atoms with Gasteiger partial charge in [0.05, 0.1) is 11.8 Å². The van der Waals surface area contributed by atoms with Gasteiger partial charge in [0.25, 0.3) is 0 Å². The molecule has 6 nitrogen and oxygen atoms in total. The van der Waals surface area contributed by atoms with Crippen LogP contribution < -0.4 is 4.90 Å². The molecule has 2 heterocycles. The number of anilines is 1. The van der Waals surface area contributed by atoms with Gasteiger partial charge in [0.1, 0.15) is 11.3 Å². The van der Waals surface area contributed by atoms with Crippen molar-refractivity contribution in [2.24, 2.45) is 23.7 Å². The molecule has 6 heteroatoms. The molecule has 1 saturated carbocycles. The number of furan rings is 1. The van der Waals surface area contributed by atoms with Gasteiger partial charge >= 0.3 is 5.97 Å². The summed E-state index contributed by atoms with van der Waals surface area (Å²) in [4.78, 5) is 38.5. The SMILES string of the molecule is O=C(O)c1oc2ccccc2c1N1C(=O)[C@@H]2[C@H](C1=O)[C@@H]1C=C[C@H]2C1. The van der Waals surface area contributed by atoms with Crippen LogP contribution >= 0.6 is 0 Å². The summed E-state index contributed by atoms with van der Waals surface area (Å²) in [6.45, 7) is 0. The lowest BCUT2D eigenvalue weighted by atomic mass is 9.85. The molecular formula is C18H13NO5. The van der Waals surface area contributed by atoms with Crippen molar-refractivity contribution >= 4 is 34.4 Å². The Balaban J connectivity index is 1.71. The van der Waals surface area contributed by atoms with Gasteiger partial charge in [-0.3, -0.25) is 9.59 Å². The Hall–Kier alpha value is -2.89. The monoisotopic (exact) mass is 323 g/mol. The highest BCUT2D eigenvalue weighted by Gasteiger charge is 2.60. The van der Waals surface area contributed by atoms with Crippen LogP contribution in [0.1, 0.15) is 17.0 Å². The molecule has 3 aliphatic rings. The Bertz CT molecular complexity index is 925. The van der Waals surface area contributed by atoms with E-state index < -0.39 is 5.97 Å². The van der Waals surface area contributed by atoms with Crippen LogP contribution in [0.25, 0.3) is 11.0 Å². The minimum Gasteiger partial charge on any atom is -0.475 e. The first-order valence-electron chi connectivity index (χ1n) is 7.89. The number of hydrogen-bond acceptors (Lipinski definition) is 4. The predicted molar refractivity (Wildman–Crippen MR) is 83.4 cm³/mol. The number of para-hydroxylation sites is 1. The van der Waals surface area contributed by atoms with Gasteiger partial charge in [0, 0.05) is 5.39 Å². The fourth-order valence-electron chi connectivity index (χ4n) is 4.52. The van der Waals surface area contributed by atoms with Crippen LogP contribution in [0.2, 0.25) is 0 Å². The first kappa shape index (κ1) is 13.5. The average Bonchev–Trinajstić information content (AvgIpc) is 3.30. The molecule has 1 N–H and O–H groups in total. The fourth-order valence-corrected chi connectivity index (χ4v) is 4.52. The molecule has 24 heavy (non-hydrogen) atoms.